The van der Waals surface area contributed by atoms with Crippen LogP contribution in [0.3, 0.4) is 0 Å². The second-order valence-electron chi connectivity index (χ2n) is 15.3. The second kappa shape index (κ2) is 19.7. The molecule has 0 aliphatic heterocycles. The molecule has 3 aromatic heterocycles. The fourth-order valence-electron chi connectivity index (χ4n) is 8.65. The number of benzene rings is 9. The maximum absolute atomic E-state index is 11.1. The molecule has 0 amide bonds. The Balaban J connectivity index is 0.000000122. The number of aldehydes is 2. The molecule has 322 valence electrons. The van der Waals surface area contributed by atoms with Gasteiger partial charge in [0.2, 0.25) is 0 Å². The van der Waals surface area contributed by atoms with E-state index >= 15 is 0 Å². The maximum Gasteiger partial charge on any atom is 0.150 e. The molecule has 0 saturated heterocycles. The first-order chi connectivity index (χ1) is 32.8. The van der Waals surface area contributed by atoms with Crippen LogP contribution in [0.15, 0.2) is 220 Å². The summed E-state index contributed by atoms with van der Waals surface area (Å²) >= 11 is 10.6. The zero-order valence-electron chi connectivity index (χ0n) is 36.2. The molecule has 66 heavy (non-hydrogen) atoms. The average Bonchev–Trinajstić information content (AvgIpc) is 4.00. The molecule has 12 rings (SSSR count). The van der Waals surface area contributed by atoms with E-state index in [1.165, 1.54) is 55.0 Å². The fraction of sp³-hybridized carbons (Fsp3) is 0.0175. The van der Waals surface area contributed by atoms with Gasteiger partial charge in [-0.3, -0.25) is 14.0 Å². The number of carbonyl (C=O) groups excluding carboxylic acids is 2. The Morgan fingerprint density at radius 3 is 1.05 bits per heavy atom. The third kappa shape index (κ3) is 8.53. The summed E-state index contributed by atoms with van der Waals surface area (Å²) in [6.07, 6.45) is 1.70. The largest absolute Gasteiger partial charge is 0.309 e. The lowest BCUT2D eigenvalue weighted by Gasteiger charge is -2.07. The number of alkyl halides is 1. The number of hydrogen-bond donors (Lipinski definition) is 0. The van der Waals surface area contributed by atoms with Crippen molar-refractivity contribution in [3.05, 3.63) is 231 Å². The highest BCUT2D eigenvalue weighted by Crippen LogP contribution is 2.36. The van der Waals surface area contributed by atoms with E-state index in [-0.39, 0.29) is 0 Å². The molecule has 0 fully saturated rings. The van der Waals surface area contributed by atoms with Crippen molar-refractivity contribution in [2.24, 2.45) is 0 Å². The van der Waals surface area contributed by atoms with Crippen molar-refractivity contribution in [3.8, 4) is 17.1 Å². The maximum atomic E-state index is 11.1. The zero-order valence-corrected chi connectivity index (χ0v) is 39.9. The third-order valence-corrected chi connectivity index (χ3v) is 13.1. The smallest absolute Gasteiger partial charge is 0.150 e. The van der Waals surface area contributed by atoms with Gasteiger partial charge in [0.1, 0.15) is 12.6 Å². The minimum Gasteiger partial charge on any atom is -0.309 e. The Morgan fingerprint density at radius 2 is 0.652 bits per heavy atom. The SMILES string of the molecule is Brc1ccc(-n2c3ccccc3c3cc(Br)ccc32)cc1.Brc1ccc(-n2c3ccccc3c3ccccc32)cc1.O=Cc1ccc(-n2c3ccccc3c3cc(C=O)ccc32)cc1.[2H]CF. The summed E-state index contributed by atoms with van der Waals surface area (Å²) in [5, 5.41) is 7.28. The van der Waals surface area contributed by atoms with Crippen LogP contribution in [0.4, 0.5) is 4.39 Å². The van der Waals surface area contributed by atoms with Crippen LogP contribution in [0.5, 0.6) is 0 Å². The zero-order chi connectivity index (χ0) is 46.4. The van der Waals surface area contributed by atoms with E-state index in [9.17, 15) is 14.0 Å². The Kier molecular flexibility index (Phi) is 12.8. The molecule has 0 aliphatic rings. The predicted octanol–water partition coefficient (Wildman–Crippen LogP) is 16.8. The molecule has 5 nitrogen and oxygen atoms in total. The average molecular weight is 1060 g/mol. The summed E-state index contributed by atoms with van der Waals surface area (Å²) in [5.41, 5.74) is 11.7. The van der Waals surface area contributed by atoms with Crippen LogP contribution in [0.2, 0.25) is 0 Å². The third-order valence-electron chi connectivity index (χ3n) is 11.5. The summed E-state index contributed by atoms with van der Waals surface area (Å²) in [4.78, 5) is 22.0. The quantitative estimate of drug-likeness (QED) is 0.161. The van der Waals surface area contributed by atoms with Gasteiger partial charge in [0.15, 0.2) is 0 Å². The number of rotatable bonds is 5. The van der Waals surface area contributed by atoms with Crippen molar-refractivity contribution < 1.29 is 15.4 Å². The molecule has 12 aromatic rings. The second-order valence-corrected chi connectivity index (χ2v) is 18.0. The van der Waals surface area contributed by atoms with E-state index < -0.39 is 7.15 Å². The molecular weight excluding hydrogens is 1020 g/mol. The molecule has 0 unspecified atom stereocenters. The first kappa shape index (κ1) is 43.0. The van der Waals surface area contributed by atoms with Crippen LogP contribution in [0.1, 0.15) is 22.1 Å². The Bertz CT molecular complexity index is 3660. The predicted molar refractivity (Wildman–Crippen MR) is 283 cm³/mol. The Hall–Kier alpha value is -6.91. The van der Waals surface area contributed by atoms with E-state index in [0.29, 0.717) is 11.1 Å². The number of para-hydroxylation sites is 4. The molecule has 0 radical (unpaired) electrons. The van der Waals surface area contributed by atoms with Gasteiger partial charge in [-0.15, -0.1) is 0 Å². The van der Waals surface area contributed by atoms with Crippen LogP contribution in [0, 0.1) is 0 Å². The van der Waals surface area contributed by atoms with Crippen LogP contribution < -0.4 is 0 Å². The monoisotopic (exact) mass is 1050 g/mol. The molecule has 9 aromatic carbocycles. The molecule has 3 heterocycles. The highest BCUT2D eigenvalue weighted by molar-refractivity contribution is 9.11. The lowest BCUT2D eigenvalue weighted by atomic mass is 10.1. The first-order valence-corrected chi connectivity index (χ1v) is 23.3. The lowest BCUT2D eigenvalue weighted by molar-refractivity contribution is 0.111. The standard InChI is InChI=1S/C20H13NO2.C18H11Br2N.C18H12BrN.CH3F/c22-12-14-5-8-16(9-6-14)21-19-4-2-1-3-17(19)18-11-15(13-23)7-10-20(18)21;19-12-5-8-14(9-6-12)21-17-4-2-1-3-15(17)16-11-13(20)7-10-18(16)21;19-13-9-11-14(12-10-13)20-17-7-3-1-5-15(17)16-6-2-4-8-18(16)20;1-2/h1-13H;1-11H;1-12H;1H3/i;;;1D. The first-order valence-electron chi connectivity index (χ1n) is 21.6. The van der Waals surface area contributed by atoms with Gasteiger partial charge in [-0.1, -0.05) is 121 Å². The van der Waals surface area contributed by atoms with Crippen molar-refractivity contribution in [3.63, 3.8) is 0 Å². The number of halogens is 4. The topological polar surface area (TPSA) is 48.9 Å². The summed E-state index contributed by atoms with van der Waals surface area (Å²) < 4.78 is 25.6. The molecule has 0 aliphatic carbocycles. The number of hydrogen-bond acceptors (Lipinski definition) is 2. The van der Waals surface area contributed by atoms with E-state index in [4.69, 9.17) is 1.37 Å². The molecule has 0 N–H and O–H groups in total. The van der Waals surface area contributed by atoms with Gasteiger partial charge in [0.05, 0.1) is 41.6 Å². The van der Waals surface area contributed by atoms with Crippen molar-refractivity contribution in [1.82, 2.24) is 13.7 Å². The van der Waals surface area contributed by atoms with Crippen molar-refractivity contribution in [2.75, 3.05) is 7.15 Å². The summed E-state index contributed by atoms with van der Waals surface area (Å²) in [6, 6.07) is 70.3. The molecule has 0 spiro atoms. The Labute approximate surface area is 407 Å². The van der Waals surface area contributed by atoms with Gasteiger partial charge in [0.25, 0.3) is 0 Å². The summed E-state index contributed by atoms with van der Waals surface area (Å²) in [6.45, 7) is 0. The van der Waals surface area contributed by atoms with Gasteiger partial charge >= 0.3 is 0 Å². The number of nitrogens with zero attached hydrogens (tertiary/aromatic N) is 3. The normalized spacial score (nSPS) is 11.1. The summed E-state index contributed by atoms with van der Waals surface area (Å²) in [5.74, 6) is 0. The highest BCUT2D eigenvalue weighted by atomic mass is 79.9. The molecule has 0 saturated carbocycles. The minimum absolute atomic E-state index is 0.651. The minimum atomic E-state index is -1.00. The fourth-order valence-corrected chi connectivity index (χ4v) is 9.54. The van der Waals surface area contributed by atoms with E-state index in [1.54, 1.807) is 0 Å². The summed E-state index contributed by atoms with van der Waals surface area (Å²) in [7, 11) is -1.00. The van der Waals surface area contributed by atoms with Gasteiger partial charge < -0.3 is 13.7 Å². The molecule has 0 atom stereocenters. The van der Waals surface area contributed by atoms with Crippen LogP contribution in [-0.4, -0.2) is 33.4 Å². The molecule has 0 bridgehead atoms. The van der Waals surface area contributed by atoms with Gasteiger partial charge in [-0.25, -0.2) is 0 Å². The van der Waals surface area contributed by atoms with Crippen molar-refractivity contribution in [2.45, 2.75) is 0 Å². The van der Waals surface area contributed by atoms with E-state index in [1.807, 2.05) is 54.6 Å². The molecule has 9 heteroatoms. The number of carbonyl (C=O) groups is 2. The van der Waals surface area contributed by atoms with E-state index in [0.717, 1.165) is 53.5 Å². The van der Waals surface area contributed by atoms with E-state index in [2.05, 4.69) is 213 Å². The van der Waals surface area contributed by atoms with Crippen LogP contribution >= 0.6 is 47.8 Å². The van der Waals surface area contributed by atoms with Gasteiger partial charge in [-0.2, -0.15) is 0 Å². The van der Waals surface area contributed by atoms with Gasteiger partial charge in [0, 0.05) is 73.9 Å². The van der Waals surface area contributed by atoms with Crippen molar-refractivity contribution in [1.29, 1.82) is 0 Å². The van der Waals surface area contributed by atoms with Gasteiger partial charge in [-0.05, 0) is 133 Å². The highest BCUT2D eigenvalue weighted by Gasteiger charge is 2.14. The number of aromatic nitrogens is 3. The Morgan fingerprint density at radius 1 is 0.364 bits per heavy atom. The van der Waals surface area contributed by atoms with Crippen molar-refractivity contribution >= 4 is 126 Å². The van der Waals surface area contributed by atoms with Crippen LogP contribution in [0.25, 0.3) is 82.5 Å². The molecular formula is C57H39Br3FN3O2. The number of fused-ring (bicyclic) bond motifs is 9. The van der Waals surface area contributed by atoms with Crippen LogP contribution in [-0.2, 0) is 0 Å². The lowest BCUT2D eigenvalue weighted by Crippen LogP contribution is -1.94.